The van der Waals surface area contributed by atoms with E-state index in [-0.39, 0.29) is 0 Å². The van der Waals surface area contributed by atoms with Crippen molar-refractivity contribution >= 4 is 0 Å². The molecule has 4 nitrogen and oxygen atoms in total. The number of hydrogen-bond acceptors (Lipinski definition) is 3. The molecule has 0 saturated heterocycles. The van der Waals surface area contributed by atoms with E-state index in [1.165, 1.54) is 32.1 Å². The van der Waals surface area contributed by atoms with Crippen molar-refractivity contribution < 1.29 is 0 Å². The van der Waals surface area contributed by atoms with E-state index in [0.717, 1.165) is 35.8 Å². The molecule has 5 rings (SSSR count). The van der Waals surface area contributed by atoms with E-state index in [1.807, 2.05) is 0 Å². The lowest BCUT2D eigenvalue weighted by Crippen LogP contribution is -2.46. The average Bonchev–Trinajstić information content (AvgIpc) is 2.76. The normalized spacial score (nSPS) is 41.5. The van der Waals surface area contributed by atoms with Gasteiger partial charge in [0.15, 0.2) is 0 Å². The van der Waals surface area contributed by atoms with Gasteiger partial charge >= 0.3 is 0 Å². The van der Waals surface area contributed by atoms with E-state index >= 15 is 0 Å². The Morgan fingerprint density at radius 2 is 1.78 bits per heavy atom. The van der Waals surface area contributed by atoms with Gasteiger partial charge in [-0.2, -0.15) is 0 Å². The van der Waals surface area contributed by atoms with Crippen LogP contribution in [0.15, 0.2) is 6.20 Å². The maximum Gasteiger partial charge on any atom is 0.0839 e. The third kappa shape index (κ3) is 1.62. The summed E-state index contributed by atoms with van der Waals surface area (Å²) >= 11 is 0. The van der Waals surface area contributed by atoms with Crippen LogP contribution in [0.2, 0.25) is 0 Å². The summed E-state index contributed by atoms with van der Waals surface area (Å²) in [6, 6.07) is 0.636. The van der Waals surface area contributed by atoms with Crippen LogP contribution < -0.4 is 5.73 Å². The van der Waals surface area contributed by atoms with Crippen molar-refractivity contribution in [3.05, 3.63) is 11.9 Å². The SMILES string of the molecule is NCCc1cn(C2C3CC4CC(C3)CC2C4)nn1. The number of hydrogen-bond donors (Lipinski definition) is 1. The van der Waals surface area contributed by atoms with Crippen LogP contribution in [0.4, 0.5) is 0 Å². The summed E-state index contributed by atoms with van der Waals surface area (Å²) in [5.41, 5.74) is 6.65. The molecule has 0 amide bonds. The number of nitrogens with zero attached hydrogens (tertiary/aromatic N) is 3. The molecular weight excluding hydrogens is 224 g/mol. The highest BCUT2D eigenvalue weighted by Gasteiger charge is 2.49. The van der Waals surface area contributed by atoms with Crippen molar-refractivity contribution in [3.63, 3.8) is 0 Å². The third-order valence-corrected chi connectivity index (χ3v) is 5.44. The van der Waals surface area contributed by atoms with Gasteiger partial charge in [0, 0.05) is 12.6 Å². The minimum Gasteiger partial charge on any atom is -0.330 e. The molecule has 18 heavy (non-hydrogen) atoms. The summed E-state index contributed by atoms with van der Waals surface area (Å²) in [6.45, 7) is 0.667. The second kappa shape index (κ2) is 4.05. The van der Waals surface area contributed by atoms with Gasteiger partial charge in [-0.3, -0.25) is 0 Å². The van der Waals surface area contributed by atoms with Crippen LogP contribution in [0, 0.1) is 23.7 Å². The number of nitrogens with two attached hydrogens (primary N) is 1. The van der Waals surface area contributed by atoms with Crippen LogP contribution in [-0.2, 0) is 6.42 Å². The second-order valence-corrected chi connectivity index (χ2v) is 6.65. The zero-order valence-corrected chi connectivity index (χ0v) is 10.8. The molecule has 4 saturated carbocycles. The zero-order chi connectivity index (χ0) is 12.1. The van der Waals surface area contributed by atoms with Crippen LogP contribution in [-0.4, -0.2) is 21.5 Å². The Bertz CT molecular complexity index is 411. The van der Waals surface area contributed by atoms with Gasteiger partial charge in [0.05, 0.1) is 11.7 Å². The molecule has 0 atom stereocenters. The predicted octanol–water partition coefficient (Wildman–Crippen LogP) is 1.78. The van der Waals surface area contributed by atoms with Crippen LogP contribution in [0.25, 0.3) is 0 Å². The van der Waals surface area contributed by atoms with Crippen molar-refractivity contribution in [1.82, 2.24) is 15.0 Å². The molecule has 4 fully saturated rings. The lowest BCUT2D eigenvalue weighted by molar-refractivity contribution is -0.0342. The number of rotatable bonds is 3. The molecule has 0 spiro atoms. The van der Waals surface area contributed by atoms with E-state index in [9.17, 15) is 0 Å². The van der Waals surface area contributed by atoms with Crippen LogP contribution in [0.1, 0.15) is 43.8 Å². The highest BCUT2D eigenvalue weighted by Crippen LogP contribution is 2.57. The van der Waals surface area contributed by atoms with E-state index in [4.69, 9.17) is 5.73 Å². The topological polar surface area (TPSA) is 56.7 Å². The fourth-order valence-corrected chi connectivity index (χ4v) is 5.05. The summed E-state index contributed by atoms with van der Waals surface area (Å²) in [7, 11) is 0. The van der Waals surface area contributed by atoms with Crippen LogP contribution >= 0.6 is 0 Å². The average molecular weight is 246 g/mol. The quantitative estimate of drug-likeness (QED) is 0.884. The maximum atomic E-state index is 5.59. The van der Waals surface area contributed by atoms with Crippen molar-refractivity contribution in [2.45, 2.75) is 44.6 Å². The molecule has 4 aliphatic rings. The smallest absolute Gasteiger partial charge is 0.0839 e. The van der Waals surface area contributed by atoms with E-state index < -0.39 is 0 Å². The molecule has 1 aromatic heterocycles. The van der Waals surface area contributed by atoms with Crippen LogP contribution in [0.5, 0.6) is 0 Å². The minimum atomic E-state index is 0.636. The van der Waals surface area contributed by atoms with Gasteiger partial charge in [0.2, 0.25) is 0 Å². The molecule has 4 heteroatoms. The van der Waals surface area contributed by atoms with E-state index in [2.05, 4.69) is 21.2 Å². The minimum absolute atomic E-state index is 0.636. The second-order valence-electron chi connectivity index (χ2n) is 6.65. The molecule has 4 aliphatic carbocycles. The summed E-state index contributed by atoms with van der Waals surface area (Å²) in [6.07, 6.45) is 10.3. The summed E-state index contributed by atoms with van der Waals surface area (Å²) in [5, 5.41) is 8.66. The highest BCUT2D eigenvalue weighted by atomic mass is 15.4. The Balaban J connectivity index is 1.60. The van der Waals surface area contributed by atoms with Gasteiger partial charge in [-0.25, -0.2) is 4.68 Å². The first kappa shape index (κ1) is 11.0. The monoisotopic (exact) mass is 246 g/mol. The molecular formula is C14H22N4. The van der Waals surface area contributed by atoms with Gasteiger partial charge in [-0.05, 0) is 62.3 Å². The zero-order valence-electron chi connectivity index (χ0n) is 10.8. The summed E-state index contributed by atoms with van der Waals surface area (Å²) in [5.74, 6) is 3.79. The molecule has 98 valence electrons. The molecule has 4 bridgehead atoms. The van der Waals surface area contributed by atoms with Gasteiger partial charge in [-0.1, -0.05) is 5.21 Å². The Morgan fingerprint density at radius 1 is 1.11 bits per heavy atom. The van der Waals surface area contributed by atoms with Gasteiger partial charge in [0.1, 0.15) is 0 Å². The summed E-state index contributed by atoms with van der Waals surface area (Å²) in [4.78, 5) is 0. The predicted molar refractivity (Wildman–Crippen MR) is 68.9 cm³/mol. The molecule has 0 aromatic carbocycles. The number of aromatic nitrogens is 3. The first-order chi connectivity index (χ1) is 8.83. The Kier molecular flexibility index (Phi) is 2.47. The van der Waals surface area contributed by atoms with Gasteiger partial charge in [0.25, 0.3) is 0 Å². The Morgan fingerprint density at radius 3 is 2.39 bits per heavy atom. The molecule has 0 aliphatic heterocycles. The lowest BCUT2D eigenvalue weighted by atomic mass is 9.54. The van der Waals surface area contributed by atoms with Gasteiger partial charge < -0.3 is 5.73 Å². The standard InChI is InChI=1S/C14H22N4/c15-2-1-13-8-18(17-16-13)14-11-4-9-3-10(6-11)7-12(14)5-9/h8-12,14H,1-7,15H2. The first-order valence-corrected chi connectivity index (χ1v) is 7.44. The van der Waals surface area contributed by atoms with Crippen molar-refractivity contribution in [2.24, 2.45) is 29.4 Å². The Labute approximate surface area is 108 Å². The first-order valence-electron chi connectivity index (χ1n) is 7.44. The van der Waals surface area contributed by atoms with Crippen molar-refractivity contribution in [1.29, 1.82) is 0 Å². The van der Waals surface area contributed by atoms with Crippen LogP contribution in [0.3, 0.4) is 0 Å². The maximum absolute atomic E-state index is 5.59. The van der Waals surface area contributed by atoms with Gasteiger partial charge in [-0.15, -0.1) is 5.10 Å². The molecule has 1 aromatic rings. The molecule has 1 heterocycles. The van der Waals surface area contributed by atoms with Crippen molar-refractivity contribution in [2.75, 3.05) is 6.54 Å². The fraction of sp³-hybridized carbons (Fsp3) is 0.857. The Hall–Kier alpha value is -0.900. The lowest BCUT2D eigenvalue weighted by Gasteiger charge is -2.54. The molecule has 2 N–H and O–H groups in total. The molecule has 0 radical (unpaired) electrons. The third-order valence-electron chi connectivity index (χ3n) is 5.44. The van der Waals surface area contributed by atoms with Crippen molar-refractivity contribution in [3.8, 4) is 0 Å². The summed E-state index contributed by atoms with van der Waals surface area (Å²) < 4.78 is 2.18. The largest absolute Gasteiger partial charge is 0.330 e. The molecule has 0 unspecified atom stereocenters. The fourth-order valence-electron chi connectivity index (χ4n) is 5.05. The van der Waals surface area contributed by atoms with E-state index in [1.54, 1.807) is 0 Å². The van der Waals surface area contributed by atoms with E-state index in [0.29, 0.717) is 12.6 Å². The highest BCUT2D eigenvalue weighted by molar-refractivity contribution is 5.02.